The smallest absolute Gasteiger partial charge is 0.0623 e. The van der Waals surface area contributed by atoms with E-state index in [-0.39, 0.29) is 11.1 Å². The number of rotatable bonds is 10. The van der Waals surface area contributed by atoms with Gasteiger partial charge in [-0.25, -0.2) is 0 Å². The van der Waals surface area contributed by atoms with Crippen molar-refractivity contribution in [3.63, 3.8) is 0 Å². The number of hydrogen-bond donors (Lipinski definition) is 1. The Morgan fingerprint density at radius 2 is 1.63 bits per heavy atom. The van der Waals surface area contributed by atoms with Gasteiger partial charge in [-0.15, -0.1) is 0 Å². The molecule has 0 aliphatic rings. The van der Waals surface area contributed by atoms with Gasteiger partial charge in [0.15, 0.2) is 0 Å². The summed E-state index contributed by atoms with van der Waals surface area (Å²) >= 11 is 0. The molecule has 3 heteroatoms. The fourth-order valence-electron chi connectivity index (χ4n) is 3.00. The van der Waals surface area contributed by atoms with Crippen molar-refractivity contribution in [1.29, 1.82) is 0 Å². The molecule has 0 fully saturated rings. The lowest BCUT2D eigenvalue weighted by Crippen LogP contribution is -2.58. The number of methoxy groups -OCH3 is 1. The molecular formula is C16H36N2O. The Bertz CT molecular complexity index is 239. The van der Waals surface area contributed by atoms with Gasteiger partial charge < -0.3 is 10.1 Å². The van der Waals surface area contributed by atoms with E-state index in [4.69, 9.17) is 4.74 Å². The molecule has 0 aromatic heterocycles. The van der Waals surface area contributed by atoms with Crippen LogP contribution in [0.2, 0.25) is 0 Å². The molecule has 0 heterocycles. The molecule has 0 radical (unpaired) electrons. The van der Waals surface area contributed by atoms with E-state index in [1.54, 1.807) is 7.11 Å². The Balaban J connectivity index is 4.87. The summed E-state index contributed by atoms with van der Waals surface area (Å²) in [4.78, 5) is 2.58. The molecule has 0 aromatic carbocycles. The van der Waals surface area contributed by atoms with Gasteiger partial charge in [0.25, 0.3) is 0 Å². The van der Waals surface area contributed by atoms with Crippen molar-refractivity contribution in [1.82, 2.24) is 10.2 Å². The first-order valence-electron chi connectivity index (χ1n) is 7.78. The van der Waals surface area contributed by atoms with Gasteiger partial charge >= 0.3 is 0 Å². The largest absolute Gasteiger partial charge is 0.379 e. The molecular weight excluding hydrogens is 236 g/mol. The number of ether oxygens (including phenoxy) is 1. The Morgan fingerprint density at radius 3 is 1.95 bits per heavy atom. The molecule has 0 saturated heterocycles. The van der Waals surface area contributed by atoms with Crippen LogP contribution in [0, 0.1) is 0 Å². The standard InChI is InChI=1S/C16H36N2O/c1-9-16(6,18(10-2)11-3)14(17-7)12-13-15(4,5)19-8/h14,17H,9-13H2,1-8H3. The molecule has 2 unspecified atom stereocenters. The summed E-state index contributed by atoms with van der Waals surface area (Å²) in [5.41, 5.74) is 0.176. The summed E-state index contributed by atoms with van der Waals surface area (Å²) in [7, 11) is 3.89. The number of nitrogens with zero attached hydrogens (tertiary/aromatic N) is 1. The molecule has 0 amide bonds. The topological polar surface area (TPSA) is 24.5 Å². The van der Waals surface area contributed by atoms with E-state index in [0.717, 1.165) is 32.4 Å². The predicted octanol–water partition coefficient (Wildman–Crippen LogP) is 3.29. The van der Waals surface area contributed by atoms with Gasteiger partial charge in [0.1, 0.15) is 0 Å². The van der Waals surface area contributed by atoms with E-state index in [9.17, 15) is 0 Å². The molecule has 0 aliphatic heterocycles. The van der Waals surface area contributed by atoms with E-state index >= 15 is 0 Å². The molecule has 19 heavy (non-hydrogen) atoms. The molecule has 3 nitrogen and oxygen atoms in total. The molecule has 2 atom stereocenters. The van der Waals surface area contributed by atoms with Gasteiger partial charge in [0.05, 0.1) is 5.60 Å². The van der Waals surface area contributed by atoms with Crippen LogP contribution in [0.4, 0.5) is 0 Å². The van der Waals surface area contributed by atoms with Gasteiger partial charge in [-0.1, -0.05) is 20.8 Å². The second-order valence-corrected chi connectivity index (χ2v) is 6.23. The molecule has 116 valence electrons. The predicted molar refractivity (Wildman–Crippen MR) is 84.8 cm³/mol. The van der Waals surface area contributed by atoms with Crippen LogP contribution < -0.4 is 5.32 Å². The zero-order valence-electron chi connectivity index (χ0n) is 14.5. The minimum absolute atomic E-state index is 0.0347. The highest BCUT2D eigenvalue weighted by molar-refractivity contribution is 4.96. The molecule has 0 saturated carbocycles. The minimum atomic E-state index is -0.0347. The third kappa shape index (κ3) is 5.05. The Kier molecular flexibility index (Phi) is 8.18. The Labute approximate surface area is 121 Å². The first-order chi connectivity index (χ1) is 8.81. The maximum atomic E-state index is 5.55. The lowest BCUT2D eigenvalue weighted by molar-refractivity contribution is 0.00162. The summed E-state index contributed by atoms with van der Waals surface area (Å²) in [6.07, 6.45) is 3.37. The van der Waals surface area contributed by atoms with Gasteiger partial charge in [-0.2, -0.15) is 0 Å². The van der Waals surface area contributed by atoms with E-state index in [1.807, 2.05) is 0 Å². The number of hydrogen-bond acceptors (Lipinski definition) is 3. The van der Waals surface area contributed by atoms with E-state index < -0.39 is 0 Å². The SMILES string of the molecule is CCN(CC)C(C)(CC)C(CCC(C)(C)OC)NC. The van der Waals surface area contributed by atoms with Crippen LogP contribution in [0.15, 0.2) is 0 Å². The normalized spacial score (nSPS) is 17.5. The van der Waals surface area contributed by atoms with Gasteiger partial charge in [-0.3, -0.25) is 4.90 Å². The molecule has 1 N–H and O–H groups in total. The number of likely N-dealkylation sites (N-methyl/N-ethyl adjacent to an activating group) is 2. The fraction of sp³-hybridized carbons (Fsp3) is 1.00. The lowest BCUT2D eigenvalue weighted by Gasteiger charge is -2.46. The first kappa shape index (κ1) is 18.9. The summed E-state index contributed by atoms with van der Waals surface area (Å²) in [5.74, 6) is 0. The van der Waals surface area contributed by atoms with Crippen molar-refractivity contribution in [2.24, 2.45) is 0 Å². The highest BCUT2D eigenvalue weighted by Crippen LogP contribution is 2.28. The summed E-state index contributed by atoms with van der Waals surface area (Å²) < 4.78 is 5.55. The Hall–Kier alpha value is -0.120. The van der Waals surface area contributed by atoms with Crippen LogP contribution in [-0.2, 0) is 4.74 Å². The average Bonchev–Trinajstić information content (AvgIpc) is 2.40. The maximum Gasteiger partial charge on any atom is 0.0623 e. The maximum absolute atomic E-state index is 5.55. The monoisotopic (exact) mass is 272 g/mol. The van der Waals surface area contributed by atoms with Crippen LogP contribution in [0.25, 0.3) is 0 Å². The van der Waals surface area contributed by atoms with Crippen LogP contribution in [0.5, 0.6) is 0 Å². The second-order valence-electron chi connectivity index (χ2n) is 6.23. The van der Waals surface area contributed by atoms with Gasteiger partial charge in [0, 0.05) is 18.7 Å². The van der Waals surface area contributed by atoms with Crippen LogP contribution in [0.1, 0.15) is 60.8 Å². The third-order valence-electron chi connectivity index (χ3n) is 4.89. The molecule has 0 aromatic rings. The summed E-state index contributed by atoms with van der Waals surface area (Å²) in [5, 5.41) is 3.54. The van der Waals surface area contributed by atoms with Crippen molar-refractivity contribution >= 4 is 0 Å². The van der Waals surface area contributed by atoms with Crippen LogP contribution in [0.3, 0.4) is 0 Å². The summed E-state index contributed by atoms with van der Waals surface area (Å²) in [6, 6.07) is 0.492. The molecule has 0 spiro atoms. The molecule has 0 bridgehead atoms. The van der Waals surface area contributed by atoms with Crippen LogP contribution >= 0.6 is 0 Å². The zero-order chi connectivity index (χ0) is 15.1. The quantitative estimate of drug-likeness (QED) is 0.660. The van der Waals surface area contributed by atoms with Crippen molar-refractivity contribution < 1.29 is 4.74 Å². The summed E-state index contributed by atoms with van der Waals surface area (Å²) in [6.45, 7) is 15.7. The van der Waals surface area contributed by atoms with Crippen molar-refractivity contribution in [3.05, 3.63) is 0 Å². The van der Waals surface area contributed by atoms with Crippen molar-refractivity contribution in [2.45, 2.75) is 78.0 Å². The van der Waals surface area contributed by atoms with Crippen molar-refractivity contribution in [2.75, 3.05) is 27.2 Å². The first-order valence-corrected chi connectivity index (χ1v) is 7.78. The number of nitrogens with one attached hydrogen (secondary N) is 1. The fourth-order valence-corrected chi connectivity index (χ4v) is 3.00. The molecule has 0 aliphatic carbocycles. The minimum Gasteiger partial charge on any atom is -0.379 e. The highest BCUT2D eigenvalue weighted by Gasteiger charge is 2.36. The van der Waals surface area contributed by atoms with Gasteiger partial charge in [0.2, 0.25) is 0 Å². The lowest BCUT2D eigenvalue weighted by atomic mass is 9.82. The third-order valence-corrected chi connectivity index (χ3v) is 4.89. The van der Waals surface area contributed by atoms with E-state index in [1.165, 1.54) is 0 Å². The van der Waals surface area contributed by atoms with Crippen molar-refractivity contribution in [3.8, 4) is 0 Å². The second kappa shape index (κ2) is 8.23. The average molecular weight is 272 g/mol. The van der Waals surface area contributed by atoms with Crippen LogP contribution in [-0.4, -0.2) is 49.3 Å². The molecule has 0 rings (SSSR count). The Morgan fingerprint density at radius 1 is 1.11 bits per heavy atom. The highest BCUT2D eigenvalue weighted by atomic mass is 16.5. The van der Waals surface area contributed by atoms with Gasteiger partial charge in [-0.05, 0) is 60.2 Å². The van der Waals surface area contributed by atoms with E-state index in [2.05, 4.69) is 58.8 Å². The van der Waals surface area contributed by atoms with E-state index in [0.29, 0.717) is 6.04 Å². The zero-order valence-corrected chi connectivity index (χ0v) is 14.5.